The fourth-order valence-electron chi connectivity index (χ4n) is 3.17. The van der Waals surface area contributed by atoms with Gasteiger partial charge >= 0.3 is 5.97 Å². The molecule has 34 heavy (non-hydrogen) atoms. The van der Waals surface area contributed by atoms with Crippen molar-refractivity contribution in [3.8, 4) is 28.6 Å². The van der Waals surface area contributed by atoms with Gasteiger partial charge in [-0.05, 0) is 68.9 Å². The fraction of sp³-hybridized carbons (Fsp3) is 0.292. The number of hydrogen-bond acceptors (Lipinski definition) is 7. The highest BCUT2D eigenvalue weighted by molar-refractivity contribution is 8.04. The van der Waals surface area contributed by atoms with Crippen LogP contribution in [0.1, 0.15) is 26.3 Å². The Morgan fingerprint density at radius 1 is 1.15 bits per heavy atom. The van der Waals surface area contributed by atoms with E-state index in [2.05, 4.69) is 10.2 Å². The molecular formula is C24H26ClN3O5S. The average molecular weight is 504 g/mol. The molecule has 2 aromatic carbocycles. The van der Waals surface area contributed by atoms with Crippen LogP contribution in [0.3, 0.4) is 0 Å². The monoisotopic (exact) mass is 503 g/mol. The minimum Gasteiger partial charge on any atom is -0.497 e. The first kappa shape index (κ1) is 25.5. The van der Waals surface area contributed by atoms with Crippen LogP contribution >= 0.6 is 23.4 Å². The first-order valence-corrected chi connectivity index (χ1v) is 11.7. The molecule has 0 radical (unpaired) electrons. The SMILES string of the molecule is CCn1c(S/C(=C/c2cc(Cl)ccc2OC(C)C)C(=O)O)nnc1-c1cc(OC)cc(OC)c1. The molecule has 3 aromatic rings. The first-order chi connectivity index (χ1) is 16.2. The molecule has 0 aliphatic rings. The summed E-state index contributed by atoms with van der Waals surface area (Å²) in [4.78, 5) is 12.2. The maximum atomic E-state index is 12.1. The van der Waals surface area contributed by atoms with E-state index in [1.165, 1.54) is 6.08 Å². The largest absolute Gasteiger partial charge is 0.497 e. The Hall–Kier alpha value is -3.17. The highest BCUT2D eigenvalue weighted by Gasteiger charge is 2.20. The van der Waals surface area contributed by atoms with Gasteiger partial charge in [-0.2, -0.15) is 0 Å². The van der Waals surface area contributed by atoms with Gasteiger partial charge in [0, 0.05) is 28.8 Å². The van der Waals surface area contributed by atoms with Gasteiger partial charge < -0.3 is 23.9 Å². The zero-order chi connectivity index (χ0) is 24.8. The van der Waals surface area contributed by atoms with Gasteiger partial charge in [0.15, 0.2) is 11.0 Å². The highest BCUT2D eigenvalue weighted by Crippen LogP contribution is 2.35. The number of nitrogens with zero attached hydrogens (tertiary/aromatic N) is 3. The van der Waals surface area contributed by atoms with Crippen molar-refractivity contribution in [3.05, 3.63) is 51.9 Å². The number of aromatic nitrogens is 3. The molecule has 1 N–H and O–H groups in total. The van der Waals surface area contributed by atoms with E-state index in [4.69, 9.17) is 25.8 Å². The quantitative estimate of drug-likeness (QED) is 0.280. The van der Waals surface area contributed by atoms with Crippen molar-refractivity contribution in [1.29, 1.82) is 0 Å². The Morgan fingerprint density at radius 3 is 2.38 bits per heavy atom. The van der Waals surface area contributed by atoms with Crippen LogP contribution in [0.15, 0.2) is 46.5 Å². The highest BCUT2D eigenvalue weighted by atomic mass is 35.5. The van der Waals surface area contributed by atoms with Crippen LogP contribution in [0.4, 0.5) is 0 Å². The summed E-state index contributed by atoms with van der Waals surface area (Å²) in [5.74, 6) is 1.23. The topological polar surface area (TPSA) is 95.7 Å². The van der Waals surface area contributed by atoms with Crippen molar-refractivity contribution < 1.29 is 24.1 Å². The summed E-state index contributed by atoms with van der Waals surface area (Å²) >= 11 is 7.16. The van der Waals surface area contributed by atoms with Gasteiger partial charge in [-0.3, -0.25) is 0 Å². The summed E-state index contributed by atoms with van der Waals surface area (Å²) in [6.45, 7) is 6.25. The lowest BCUT2D eigenvalue weighted by Crippen LogP contribution is -2.07. The second kappa shape index (κ2) is 11.3. The Labute approximate surface area is 207 Å². The van der Waals surface area contributed by atoms with Crippen LogP contribution in [0.25, 0.3) is 17.5 Å². The number of benzene rings is 2. The Morgan fingerprint density at radius 2 is 1.82 bits per heavy atom. The Balaban J connectivity index is 2.03. The standard InChI is InChI=1S/C24H26ClN3O5S/c1-6-28-22(16-10-18(31-4)13-19(11-16)32-5)26-27-24(28)34-21(23(29)30)12-15-9-17(25)7-8-20(15)33-14(2)3/h7-14H,6H2,1-5H3,(H,29,30)/b21-12+. The summed E-state index contributed by atoms with van der Waals surface area (Å²) < 4.78 is 18.4. The molecule has 1 heterocycles. The minimum absolute atomic E-state index is 0.0488. The first-order valence-electron chi connectivity index (χ1n) is 10.5. The summed E-state index contributed by atoms with van der Waals surface area (Å²) in [5, 5.41) is 19.4. The number of carbonyl (C=O) groups is 1. The van der Waals surface area contributed by atoms with Gasteiger partial charge in [0.2, 0.25) is 0 Å². The van der Waals surface area contributed by atoms with Crippen molar-refractivity contribution in [2.75, 3.05) is 14.2 Å². The number of hydrogen-bond donors (Lipinski definition) is 1. The van der Waals surface area contributed by atoms with E-state index in [1.807, 2.05) is 37.5 Å². The molecule has 0 bridgehead atoms. The van der Waals surface area contributed by atoms with Gasteiger partial charge in [0.05, 0.1) is 20.3 Å². The number of carboxylic acid groups (broad SMARTS) is 1. The zero-order valence-corrected chi connectivity index (χ0v) is 21.1. The number of rotatable bonds is 10. The van der Waals surface area contributed by atoms with Gasteiger partial charge in [0.1, 0.15) is 22.2 Å². The number of aliphatic carboxylic acids is 1. The van der Waals surface area contributed by atoms with Crippen LogP contribution in [0.5, 0.6) is 17.2 Å². The molecule has 180 valence electrons. The molecule has 0 fully saturated rings. The van der Waals surface area contributed by atoms with Crippen molar-refractivity contribution in [2.45, 2.75) is 38.6 Å². The number of methoxy groups -OCH3 is 2. The minimum atomic E-state index is -1.10. The summed E-state index contributed by atoms with van der Waals surface area (Å²) in [7, 11) is 3.14. The van der Waals surface area contributed by atoms with Crippen molar-refractivity contribution in [3.63, 3.8) is 0 Å². The Kier molecular flexibility index (Phi) is 8.46. The predicted molar refractivity (Wildman–Crippen MR) is 133 cm³/mol. The third-order valence-electron chi connectivity index (χ3n) is 4.68. The molecule has 0 aliphatic carbocycles. The third kappa shape index (κ3) is 6.03. The fourth-order valence-corrected chi connectivity index (χ4v) is 4.23. The number of thioether (sulfide) groups is 1. The van der Waals surface area contributed by atoms with E-state index in [1.54, 1.807) is 38.5 Å². The smallest absolute Gasteiger partial charge is 0.342 e. The lowest BCUT2D eigenvalue weighted by Gasteiger charge is -2.13. The molecular weight excluding hydrogens is 478 g/mol. The predicted octanol–water partition coefficient (Wildman–Crippen LogP) is 5.64. The number of carboxylic acids is 1. The molecule has 0 saturated heterocycles. The third-order valence-corrected chi connectivity index (χ3v) is 5.91. The molecule has 0 saturated carbocycles. The van der Waals surface area contributed by atoms with E-state index in [-0.39, 0.29) is 11.0 Å². The van der Waals surface area contributed by atoms with Crippen molar-refractivity contribution >= 4 is 35.4 Å². The van der Waals surface area contributed by atoms with Gasteiger partial charge in [0.25, 0.3) is 0 Å². The molecule has 0 unspecified atom stereocenters. The molecule has 8 nitrogen and oxygen atoms in total. The molecule has 0 amide bonds. The Bertz CT molecular complexity index is 1190. The van der Waals surface area contributed by atoms with E-state index in [0.717, 1.165) is 17.3 Å². The molecule has 1 aromatic heterocycles. The van der Waals surface area contributed by atoms with Crippen molar-refractivity contribution in [2.24, 2.45) is 0 Å². The number of ether oxygens (including phenoxy) is 3. The second-order valence-corrected chi connectivity index (χ2v) is 8.86. The number of halogens is 1. The van der Waals surface area contributed by atoms with Crippen LogP contribution in [0.2, 0.25) is 5.02 Å². The molecule has 3 rings (SSSR count). The summed E-state index contributed by atoms with van der Waals surface area (Å²) in [6.07, 6.45) is 1.44. The van der Waals surface area contributed by atoms with Crippen LogP contribution in [-0.2, 0) is 11.3 Å². The zero-order valence-electron chi connectivity index (χ0n) is 19.5. The van der Waals surface area contributed by atoms with E-state index < -0.39 is 5.97 Å². The van der Waals surface area contributed by atoms with Crippen LogP contribution in [-0.4, -0.2) is 46.2 Å². The summed E-state index contributed by atoms with van der Waals surface area (Å²) in [5.41, 5.74) is 1.30. The second-order valence-electron chi connectivity index (χ2n) is 7.42. The molecule has 0 spiro atoms. The maximum absolute atomic E-state index is 12.1. The van der Waals surface area contributed by atoms with Gasteiger partial charge in [-0.15, -0.1) is 10.2 Å². The molecule has 0 aliphatic heterocycles. The molecule has 0 atom stereocenters. The van der Waals surface area contributed by atoms with Gasteiger partial charge in [-0.25, -0.2) is 4.79 Å². The van der Waals surface area contributed by atoms with E-state index in [0.29, 0.717) is 45.4 Å². The average Bonchev–Trinajstić information content (AvgIpc) is 3.22. The normalized spacial score (nSPS) is 11.6. The maximum Gasteiger partial charge on any atom is 0.342 e. The molecule has 10 heteroatoms. The van der Waals surface area contributed by atoms with Gasteiger partial charge in [-0.1, -0.05) is 11.6 Å². The van der Waals surface area contributed by atoms with Crippen molar-refractivity contribution in [1.82, 2.24) is 14.8 Å². The summed E-state index contributed by atoms with van der Waals surface area (Å²) in [6, 6.07) is 10.5. The lowest BCUT2D eigenvalue weighted by molar-refractivity contribution is -0.131. The van der Waals surface area contributed by atoms with E-state index in [9.17, 15) is 9.90 Å². The van der Waals surface area contributed by atoms with Crippen LogP contribution in [0, 0.1) is 0 Å². The van der Waals surface area contributed by atoms with E-state index >= 15 is 0 Å². The lowest BCUT2D eigenvalue weighted by atomic mass is 10.2. The van der Waals surface area contributed by atoms with Crippen LogP contribution < -0.4 is 14.2 Å².